The number of hydrogen-bond acceptors (Lipinski definition) is 6. The predicted octanol–water partition coefficient (Wildman–Crippen LogP) is 1.28. The molecule has 1 fully saturated rings. The number of methoxy groups -OCH3 is 1. The van der Waals surface area contributed by atoms with Gasteiger partial charge in [0.1, 0.15) is 24.1 Å². The number of ketones is 1. The van der Waals surface area contributed by atoms with Gasteiger partial charge in [-0.2, -0.15) is 0 Å². The van der Waals surface area contributed by atoms with Crippen LogP contribution in [0, 0.1) is 11.8 Å². The summed E-state index contributed by atoms with van der Waals surface area (Å²) in [7, 11) is 1.55. The van der Waals surface area contributed by atoms with Crippen molar-refractivity contribution < 1.29 is 29.0 Å². The second-order valence-electron chi connectivity index (χ2n) is 9.30. The van der Waals surface area contributed by atoms with Gasteiger partial charge in [-0.25, -0.2) is 0 Å². The van der Waals surface area contributed by atoms with E-state index in [9.17, 15) is 24.3 Å². The Labute approximate surface area is 204 Å². The van der Waals surface area contributed by atoms with Gasteiger partial charge in [0.05, 0.1) is 13.2 Å². The molecule has 0 radical (unpaired) electrons. The molecule has 3 rings (SSSR count). The third-order valence-corrected chi connectivity index (χ3v) is 6.29. The fourth-order valence-corrected chi connectivity index (χ4v) is 4.24. The number of H-pyrrole nitrogens is 1. The van der Waals surface area contributed by atoms with Crippen molar-refractivity contribution in [2.45, 2.75) is 51.6 Å². The normalized spacial score (nSPS) is 17.2. The number of aliphatic hydroxyl groups is 1. The number of amides is 3. The number of benzene rings is 1. The zero-order chi connectivity index (χ0) is 25.5. The van der Waals surface area contributed by atoms with Crippen LogP contribution >= 0.6 is 0 Å². The lowest BCUT2D eigenvalue weighted by Crippen LogP contribution is -2.52. The highest BCUT2D eigenvalue weighted by molar-refractivity contribution is 6.02. The van der Waals surface area contributed by atoms with E-state index in [0.717, 1.165) is 10.9 Å². The maximum atomic E-state index is 13.2. The number of carbonyl (C=O) groups excluding carboxylic acids is 4. The first-order valence-corrected chi connectivity index (χ1v) is 11.9. The van der Waals surface area contributed by atoms with E-state index in [4.69, 9.17) is 4.74 Å². The van der Waals surface area contributed by atoms with E-state index in [1.165, 1.54) is 0 Å². The Balaban J connectivity index is 1.76. The molecule has 0 spiro atoms. The number of fused-ring (bicyclic) bond motifs is 1. The highest BCUT2D eigenvalue weighted by atomic mass is 16.5. The SMILES string of the molecule is COc1cccc2[nH]c(C(=O)NC(CCC(C)C)C(=O)NC(CC3CCNC3=O)C(=O)CO)cc12. The first-order valence-electron chi connectivity index (χ1n) is 11.9. The predicted molar refractivity (Wildman–Crippen MR) is 130 cm³/mol. The monoisotopic (exact) mass is 486 g/mol. The van der Waals surface area contributed by atoms with Crippen LogP contribution in [0.25, 0.3) is 10.9 Å². The minimum absolute atomic E-state index is 0.101. The summed E-state index contributed by atoms with van der Waals surface area (Å²) in [5.74, 6) is -1.25. The molecule has 3 amide bonds. The minimum atomic E-state index is -1.02. The Hall–Kier alpha value is -3.40. The van der Waals surface area contributed by atoms with Crippen LogP contribution in [-0.2, 0) is 14.4 Å². The van der Waals surface area contributed by atoms with Crippen molar-refractivity contribution in [1.82, 2.24) is 20.9 Å². The summed E-state index contributed by atoms with van der Waals surface area (Å²) in [5, 5.41) is 18.3. The fraction of sp³-hybridized carbons (Fsp3) is 0.520. The van der Waals surface area contributed by atoms with Crippen LogP contribution in [0.1, 0.15) is 50.0 Å². The van der Waals surface area contributed by atoms with E-state index in [0.29, 0.717) is 31.6 Å². The molecule has 35 heavy (non-hydrogen) atoms. The zero-order valence-corrected chi connectivity index (χ0v) is 20.3. The lowest BCUT2D eigenvalue weighted by Gasteiger charge is -2.24. The van der Waals surface area contributed by atoms with Crippen molar-refractivity contribution in [2.24, 2.45) is 11.8 Å². The maximum Gasteiger partial charge on any atom is 0.268 e. The molecule has 3 unspecified atom stereocenters. The highest BCUT2D eigenvalue weighted by Gasteiger charge is 2.33. The van der Waals surface area contributed by atoms with Gasteiger partial charge in [-0.15, -0.1) is 0 Å². The smallest absolute Gasteiger partial charge is 0.268 e. The number of Topliss-reactive ketones (excluding diaryl/α,β-unsaturated/α-hetero) is 1. The Morgan fingerprint density at radius 3 is 2.57 bits per heavy atom. The second kappa shape index (κ2) is 11.8. The van der Waals surface area contributed by atoms with E-state index < -0.39 is 42.2 Å². The van der Waals surface area contributed by atoms with Crippen molar-refractivity contribution >= 4 is 34.4 Å². The first kappa shape index (κ1) is 26.2. The number of aromatic nitrogens is 1. The van der Waals surface area contributed by atoms with Gasteiger partial charge < -0.3 is 30.8 Å². The van der Waals surface area contributed by atoms with Gasteiger partial charge in [-0.05, 0) is 49.8 Å². The molecule has 1 aliphatic rings. The molecule has 190 valence electrons. The number of hydrogen-bond donors (Lipinski definition) is 5. The van der Waals surface area contributed by atoms with Gasteiger partial charge >= 0.3 is 0 Å². The Morgan fingerprint density at radius 2 is 1.94 bits per heavy atom. The summed E-state index contributed by atoms with van der Waals surface area (Å²) >= 11 is 0. The molecule has 0 bridgehead atoms. The Bertz CT molecular complexity index is 1080. The van der Waals surface area contributed by atoms with Crippen LogP contribution in [0.4, 0.5) is 0 Å². The van der Waals surface area contributed by atoms with E-state index in [1.807, 2.05) is 19.9 Å². The van der Waals surface area contributed by atoms with E-state index in [1.54, 1.807) is 25.3 Å². The van der Waals surface area contributed by atoms with E-state index in [2.05, 4.69) is 20.9 Å². The molecule has 1 saturated heterocycles. The van der Waals surface area contributed by atoms with Crippen LogP contribution in [0.15, 0.2) is 24.3 Å². The molecule has 1 aromatic heterocycles. The van der Waals surface area contributed by atoms with Crippen molar-refractivity contribution in [3.8, 4) is 5.75 Å². The molecule has 3 atom stereocenters. The van der Waals surface area contributed by atoms with Crippen LogP contribution in [0.5, 0.6) is 5.75 Å². The number of carbonyl (C=O) groups is 4. The van der Waals surface area contributed by atoms with E-state index >= 15 is 0 Å². The highest BCUT2D eigenvalue weighted by Crippen LogP contribution is 2.26. The molecule has 0 saturated carbocycles. The summed E-state index contributed by atoms with van der Waals surface area (Å²) in [6, 6.07) is 5.17. The quantitative estimate of drug-likeness (QED) is 0.305. The van der Waals surface area contributed by atoms with Crippen LogP contribution < -0.4 is 20.7 Å². The lowest BCUT2D eigenvalue weighted by atomic mass is 9.95. The third kappa shape index (κ3) is 6.60. The standard InChI is InChI=1S/C25H34N4O6/c1-14(2)7-8-18(24(33)29-19(21(31)13-30)11-15-9-10-26-23(15)32)28-25(34)20-12-16-17(27-20)5-4-6-22(16)35-3/h4-6,12,14-15,18-19,27,30H,7-11,13H2,1-3H3,(H,26,32)(H,28,34)(H,29,33). The van der Waals surface area contributed by atoms with Gasteiger partial charge in [-0.3, -0.25) is 19.2 Å². The van der Waals surface area contributed by atoms with Crippen molar-refractivity contribution in [3.63, 3.8) is 0 Å². The van der Waals surface area contributed by atoms with Gasteiger partial charge in [0.15, 0.2) is 5.78 Å². The summed E-state index contributed by atoms with van der Waals surface area (Å²) < 4.78 is 5.35. The molecule has 2 heterocycles. The Kier molecular flexibility index (Phi) is 8.86. The summed E-state index contributed by atoms with van der Waals surface area (Å²) in [6.45, 7) is 3.79. The molecular formula is C25H34N4O6. The largest absolute Gasteiger partial charge is 0.496 e. The number of rotatable bonds is 12. The zero-order valence-electron chi connectivity index (χ0n) is 20.3. The number of nitrogens with one attached hydrogen (secondary N) is 4. The third-order valence-electron chi connectivity index (χ3n) is 6.29. The molecule has 10 nitrogen and oxygen atoms in total. The van der Waals surface area contributed by atoms with Crippen LogP contribution in [-0.4, -0.2) is 65.9 Å². The average molecular weight is 487 g/mol. The number of ether oxygens (including phenoxy) is 1. The van der Waals surface area contributed by atoms with Crippen molar-refractivity contribution in [1.29, 1.82) is 0 Å². The van der Waals surface area contributed by atoms with Gasteiger partial charge in [0.2, 0.25) is 11.8 Å². The topological polar surface area (TPSA) is 150 Å². The van der Waals surface area contributed by atoms with E-state index in [-0.39, 0.29) is 23.9 Å². The first-order chi connectivity index (χ1) is 16.7. The van der Waals surface area contributed by atoms with Crippen LogP contribution in [0.3, 0.4) is 0 Å². The number of aliphatic hydroxyl groups excluding tert-OH is 1. The molecule has 10 heteroatoms. The average Bonchev–Trinajstić information content (AvgIpc) is 3.46. The maximum absolute atomic E-state index is 13.2. The summed E-state index contributed by atoms with van der Waals surface area (Å²) in [6.07, 6.45) is 1.69. The fourth-order valence-electron chi connectivity index (χ4n) is 4.24. The number of aromatic amines is 1. The molecule has 1 aromatic carbocycles. The molecule has 5 N–H and O–H groups in total. The summed E-state index contributed by atoms with van der Waals surface area (Å²) in [4.78, 5) is 53.6. The molecule has 1 aliphatic heterocycles. The van der Waals surface area contributed by atoms with Crippen LogP contribution in [0.2, 0.25) is 0 Å². The van der Waals surface area contributed by atoms with Gasteiger partial charge in [0.25, 0.3) is 5.91 Å². The Morgan fingerprint density at radius 1 is 1.17 bits per heavy atom. The van der Waals surface area contributed by atoms with Crippen molar-refractivity contribution in [2.75, 3.05) is 20.3 Å². The molecule has 0 aliphatic carbocycles. The molecule has 2 aromatic rings. The summed E-state index contributed by atoms with van der Waals surface area (Å²) in [5.41, 5.74) is 0.999. The molecular weight excluding hydrogens is 452 g/mol. The van der Waals surface area contributed by atoms with Gasteiger partial charge in [0, 0.05) is 23.4 Å². The van der Waals surface area contributed by atoms with Gasteiger partial charge in [-0.1, -0.05) is 19.9 Å². The van der Waals surface area contributed by atoms with Crippen molar-refractivity contribution in [3.05, 3.63) is 30.0 Å². The lowest BCUT2D eigenvalue weighted by molar-refractivity contribution is -0.131. The minimum Gasteiger partial charge on any atom is -0.496 e. The second-order valence-corrected chi connectivity index (χ2v) is 9.30.